The standard InChI is InChI=1S/C14H16FNO2/c1-14(9-18-10-14)8-16-13(17)7-6-11-4-2-3-5-12(11)15/h2-7H,8-10H2,1H3,(H,16,17). The van der Waals surface area contributed by atoms with Gasteiger partial charge in [-0.25, -0.2) is 4.39 Å². The molecule has 4 heteroatoms. The van der Waals surface area contributed by atoms with Crippen LogP contribution in [0.15, 0.2) is 30.3 Å². The predicted molar refractivity (Wildman–Crippen MR) is 67.4 cm³/mol. The van der Waals surface area contributed by atoms with Crippen molar-refractivity contribution < 1.29 is 13.9 Å². The van der Waals surface area contributed by atoms with Crippen molar-refractivity contribution in [1.29, 1.82) is 0 Å². The summed E-state index contributed by atoms with van der Waals surface area (Å²) >= 11 is 0. The van der Waals surface area contributed by atoms with E-state index in [0.29, 0.717) is 25.3 Å². The Morgan fingerprint density at radius 3 is 2.83 bits per heavy atom. The van der Waals surface area contributed by atoms with Crippen molar-refractivity contribution in [2.45, 2.75) is 6.92 Å². The molecular formula is C14H16FNO2. The van der Waals surface area contributed by atoms with E-state index in [9.17, 15) is 9.18 Å². The summed E-state index contributed by atoms with van der Waals surface area (Å²) in [7, 11) is 0. The van der Waals surface area contributed by atoms with Crippen molar-refractivity contribution in [3.8, 4) is 0 Å². The van der Waals surface area contributed by atoms with E-state index < -0.39 is 0 Å². The minimum Gasteiger partial charge on any atom is -0.380 e. The zero-order valence-electron chi connectivity index (χ0n) is 10.3. The zero-order chi connectivity index (χ0) is 13.0. The second kappa shape index (κ2) is 5.31. The third-order valence-electron chi connectivity index (χ3n) is 2.91. The molecule has 0 bridgehead atoms. The van der Waals surface area contributed by atoms with Gasteiger partial charge in [-0.05, 0) is 12.1 Å². The molecule has 0 aromatic heterocycles. The molecular weight excluding hydrogens is 233 g/mol. The highest BCUT2D eigenvalue weighted by Gasteiger charge is 2.33. The van der Waals surface area contributed by atoms with E-state index in [1.807, 2.05) is 0 Å². The molecule has 0 aliphatic carbocycles. The van der Waals surface area contributed by atoms with E-state index in [1.54, 1.807) is 18.2 Å². The van der Waals surface area contributed by atoms with Crippen LogP contribution < -0.4 is 5.32 Å². The topological polar surface area (TPSA) is 38.3 Å². The lowest BCUT2D eigenvalue weighted by Gasteiger charge is -2.37. The Hall–Kier alpha value is -1.68. The Balaban J connectivity index is 1.85. The zero-order valence-corrected chi connectivity index (χ0v) is 10.3. The predicted octanol–water partition coefficient (Wildman–Crippen LogP) is 1.99. The molecule has 0 spiro atoms. The first-order valence-electron chi connectivity index (χ1n) is 5.87. The monoisotopic (exact) mass is 249 g/mol. The van der Waals surface area contributed by atoms with Gasteiger partial charge in [0.15, 0.2) is 0 Å². The summed E-state index contributed by atoms with van der Waals surface area (Å²) in [6.45, 7) is 3.97. The molecule has 1 amide bonds. The van der Waals surface area contributed by atoms with Crippen LogP contribution in [0, 0.1) is 11.2 Å². The third-order valence-corrected chi connectivity index (χ3v) is 2.91. The largest absolute Gasteiger partial charge is 0.380 e. The minimum absolute atomic E-state index is 0.0432. The van der Waals surface area contributed by atoms with Gasteiger partial charge in [0.1, 0.15) is 5.82 Å². The average molecular weight is 249 g/mol. The number of carbonyl (C=O) groups excluding carboxylic acids is 1. The number of halogens is 1. The van der Waals surface area contributed by atoms with Gasteiger partial charge < -0.3 is 10.1 Å². The summed E-state index contributed by atoms with van der Waals surface area (Å²) in [5, 5.41) is 2.79. The van der Waals surface area contributed by atoms with Crippen molar-refractivity contribution in [2.75, 3.05) is 19.8 Å². The molecule has 1 N–H and O–H groups in total. The lowest BCUT2D eigenvalue weighted by Crippen LogP contribution is -2.48. The van der Waals surface area contributed by atoms with Crippen molar-refractivity contribution in [3.63, 3.8) is 0 Å². The maximum absolute atomic E-state index is 13.3. The Bertz CT molecular complexity index is 467. The van der Waals surface area contributed by atoms with Gasteiger partial charge in [0.2, 0.25) is 5.91 Å². The summed E-state index contributed by atoms with van der Waals surface area (Å²) in [6.07, 6.45) is 2.82. The fourth-order valence-corrected chi connectivity index (χ4v) is 1.69. The number of hydrogen-bond donors (Lipinski definition) is 1. The van der Waals surface area contributed by atoms with Crippen LogP contribution in [0.2, 0.25) is 0 Å². The molecule has 1 heterocycles. The van der Waals surface area contributed by atoms with Gasteiger partial charge in [-0.1, -0.05) is 25.1 Å². The van der Waals surface area contributed by atoms with Crippen molar-refractivity contribution in [2.24, 2.45) is 5.41 Å². The number of hydrogen-bond acceptors (Lipinski definition) is 2. The summed E-state index contributed by atoms with van der Waals surface area (Å²) in [4.78, 5) is 11.6. The maximum atomic E-state index is 13.3. The van der Waals surface area contributed by atoms with Gasteiger partial charge in [-0.3, -0.25) is 4.79 Å². The molecule has 3 nitrogen and oxygen atoms in total. The molecule has 2 rings (SSSR count). The van der Waals surface area contributed by atoms with Gasteiger partial charge in [0.25, 0.3) is 0 Å². The quantitative estimate of drug-likeness (QED) is 0.829. The van der Waals surface area contributed by atoms with E-state index in [0.717, 1.165) is 0 Å². The van der Waals surface area contributed by atoms with E-state index in [2.05, 4.69) is 12.2 Å². The van der Waals surface area contributed by atoms with E-state index >= 15 is 0 Å². The Labute approximate surface area is 106 Å². The number of rotatable bonds is 4. The molecule has 1 aliphatic heterocycles. The molecule has 1 aromatic rings. The summed E-state index contributed by atoms with van der Waals surface area (Å²) in [5.74, 6) is -0.549. The maximum Gasteiger partial charge on any atom is 0.244 e. The third kappa shape index (κ3) is 3.17. The molecule has 0 radical (unpaired) electrons. The number of carbonyl (C=O) groups is 1. The normalized spacial score (nSPS) is 17.4. The van der Waals surface area contributed by atoms with Gasteiger partial charge in [-0.15, -0.1) is 0 Å². The lowest BCUT2D eigenvalue weighted by atomic mass is 9.89. The van der Waals surface area contributed by atoms with E-state index in [1.165, 1.54) is 18.2 Å². The molecule has 18 heavy (non-hydrogen) atoms. The molecule has 1 fully saturated rings. The minimum atomic E-state index is -0.332. The number of nitrogens with one attached hydrogen (secondary N) is 1. The first-order chi connectivity index (χ1) is 8.59. The molecule has 1 saturated heterocycles. The molecule has 96 valence electrons. The van der Waals surface area contributed by atoms with Crippen LogP contribution in [0.25, 0.3) is 6.08 Å². The Morgan fingerprint density at radius 1 is 1.50 bits per heavy atom. The second-order valence-electron chi connectivity index (χ2n) is 4.88. The molecule has 1 aliphatic rings. The Morgan fingerprint density at radius 2 is 2.22 bits per heavy atom. The van der Waals surface area contributed by atoms with E-state index in [-0.39, 0.29) is 17.1 Å². The van der Waals surface area contributed by atoms with Crippen LogP contribution >= 0.6 is 0 Å². The highest BCUT2D eigenvalue weighted by molar-refractivity contribution is 5.91. The first-order valence-corrected chi connectivity index (χ1v) is 5.87. The van der Waals surface area contributed by atoms with Gasteiger partial charge in [0, 0.05) is 23.6 Å². The highest BCUT2D eigenvalue weighted by atomic mass is 19.1. The Kier molecular flexibility index (Phi) is 3.77. The van der Waals surface area contributed by atoms with Gasteiger partial charge in [-0.2, -0.15) is 0 Å². The highest BCUT2D eigenvalue weighted by Crippen LogP contribution is 2.24. The van der Waals surface area contributed by atoms with Crippen molar-refractivity contribution >= 4 is 12.0 Å². The van der Waals surface area contributed by atoms with Crippen LogP contribution in [0.5, 0.6) is 0 Å². The van der Waals surface area contributed by atoms with Crippen LogP contribution in [0.3, 0.4) is 0 Å². The summed E-state index contributed by atoms with van der Waals surface area (Å²) in [5.41, 5.74) is 0.451. The SMILES string of the molecule is CC1(CNC(=O)C=Cc2ccccc2F)COC1. The fourth-order valence-electron chi connectivity index (χ4n) is 1.69. The van der Waals surface area contributed by atoms with Crippen LogP contribution in [-0.2, 0) is 9.53 Å². The number of ether oxygens (including phenoxy) is 1. The van der Waals surface area contributed by atoms with Crippen molar-refractivity contribution in [1.82, 2.24) is 5.32 Å². The smallest absolute Gasteiger partial charge is 0.244 e. The van der Waals surface area contributed by atoms with Crippen LogP contribution in [0.1, 0.15) is 12.5 Å². The van der Waals surface area contributed by atoms with Gasteiger partial charge >= 0.3 is 0 Å². The molecule has 0 atom stereocenters. The van der Waals surface area contributed by atoms with E-state index in [4.69, 9.17) is 4.74 Å². The summed E-state index contributed by atoms with van der Waals surface area (Å²) < 4.78 is 18.4. The number of benzene rings is 1. The van der Waals surface area contributed by atoms with Gasteiger partial charge in [0.05, 0.1) is 13.2 Å². The van der Waals surface area contributed by atoms with Crippen LogP contribution in [0.4, 0.5) is 4.39 Å². The van der Waals surface area contributed by atoms with Crippen LogP contribution in [-0.4, -0.2) is 25.7 Å². The lowest BCUT2D eigenvalue weighted by molar-refractivity contribution is -0.122. The first kappa shape index (κ1) is 12.8. The second-order valence-corrected chi connectivity index (χ2v) is 4.88. The average Bonchev–Trinajstić information content (AvgIpc) is 2.33. The molecule has 0 unspecified atom stereocenters. The summed E-state index contributed by atoms with van der Waals surface area (Å²) in [6, 6.07) is 6.34. The fraction of sp³-hybridized carbons (Fsp3) is 0.357. The number of amides is 1. The molecule has 1 aromatic carbocycles. The van der Waals surface area contributed by atoms with Crippen molar-refractivity contribution in [3.05, 3.63) is 41.7 Å². The molecule has 0 saturated carbocycles.